The molecule has 0 fully saturated rings. The van der Waals surface area contributed by atoms with E-state index in [1.165, 1.54) is 33.5 Å². The Balaban J connectivity index is 2.16. The molecule has 2 aromatic rings. The van der Waals surface area contributed by atoms with Gasteiger partial charge in [-0.2, -0.15) is 0 Å². The predicted octanol–water partition coefficient (Wildman–Crippen LogP) is 6.94. The highest BCUT2D eigenvalue weighted by Crippen LogP contribution is 2.33. The lowest BCUT2D eigenvalue weighted by Crippen LogP contribution is -2.16. The number of hydrogen-bond donors (Lipinski definition) is 1. The molecule has 0 saturated heterocycles. The first-order valence-corrected chi connectivity index (χ1v) is 11.9. The Labute approximate surface area is 190 Å². The van der Waals surface area contributed by atoms with E-state index >= 15 is 0 Å². The molecule has 0 radical (unpaired) electrons. The first-order valence-electron chi connectivity index (χ1n) is 11.9. The van der Waals surface area contributed by atoms with Crippen molar-refractivity contribution < 1.29 is 0 Å². The van der Waals surface area contributed by atoms with Crippen LogP contribution in [0.2, 0.25) is 0 Å². The zero-order valence-corrected chi connectivity index (χ0v) is 20.5. The maximum Gasteiger partial charge on any atom is 0.0441 e. The third kappa shape index (κ3) is 7.38. The molecule has 168 valence electrons. The van der Waals surface area contributed by atoms with Gasteiger partial charge in [0.1, 0.15) is 0 Å². The molecule has 31 heavy (non-hydrogen) atoms. The van der Waals surface area contributed by atoms with Crippen LogP contribution in [0.3, 0.4) is 0 Å². The summed E-state index contributed by atoms with van der Waals surface area (Å²) in [5.41, 5.74) is 9.58. The number of allylic oxidation sites excluding steroid dienone is 1. The van der Waals surface area contributed by atoms with Crippen LogP contribution in [0, 0.1) is 12.3 Å². The van der Waals surface area contributed by atoms with Gasteiger partial charge in [-0.1, -0.05) is 70.7 Å². The van der Waals surface area contributed by atoms with E-state index in [0.29, 0.717) is 0 Å². The molecule has 0 unspecified atom stereocenters. The molecule has 0 atom stereocenters. The van der Waals surface area contributed by atoms with Crippen molar-refractivity contribution in [1.29, 1.82) is 0 Å². The molecule has 1 aromatic carbocycles. The maximum absolute atomic E-state index is 4.81. The first-order chi connectivity index (χ1) is 14.8. The molecular formula is C29H42N2. The lowest BCUT2D eigenvalue weighted by molar-refractivity contribution is 0.399. The van der Waals surface area contributed by atoms with Crippen LogP contribution in [0.5, 0.6) is 0 Å². The molecule has 2 heteroatoms. The van der Waals surface area contributed by atoms with Gasteiger partial charge in [-0.3, -0.25) is 4.98 Å². The van der Waals surface area contributed by atoms with E-state index in [-0.39, 0.29) is 5.41 Å². The number of pyridine rings is 1. The SMILES string of the molecule is C=CNCCc1cc(CCc2nc(C)ccc2CC)ccc1CCC(C)(C)C(=C)CC. The van der Waals surface area contributed by atoms with E-state index in [1.54, 1.807) is 6.20 Å². The molecular weight excluding hydrogens is 376 g/mol. The van der Waals surface area contributed by atoms with E-state index in [1.807, 2.05) is 0 Å². The lowest BCUT2D eigenvalue weighted by atomic mass is 9.78. The molecule has 0 aliphatic rings. The fourth-order valence-electron chi connectivity index (χ4n) is 4.16. The summed E-state index contributed by atoms with van der Waals surface area (Å²) < 4.78 is 0. The molecule has 0 spiro atoms. The number of nitrogens with zero attached hydrogens (tertiary/aromatic N) is 1. The van der Waals surface area contributed by atoms with Gasteiger partial charge in [-0.25, -0.2) is 0 Å². The van der Waals surface area contributed by atoms with Gasteiger partial charge in [0.15, 0.2) is 0 Å². The van der Waals surface area contributed by atoms with Gasteiger partial charge in [0.25, 0.3) is 0 Å². The molecule has 0 saturated carbocycles. The van der Waals surface area contributed by atoms with E-state index in [2.05, 4.69) is 83.4 Å². The van der Waals surface area contributed by atoms with Crippen molar-refractivity contribution in [1.82, 2.24) is 10.3 Å². The van der Waals surface area contributed by atoms with Crippen LogP contribution in [0.1, 0.15) is 74.2 Å². The number of aryl methyl sites for hydroxylation is 5. The average Bonchev–Trinajstić information content (AvgIpc) is 2.76. The Morgan fingerprint density at radius 2 is 1.74 bits per heavy atom. The minimum Gasteiger partial charge on any atom is -0.391 e. The van der Waals surface area contributed by atoms with Crippen molar-refractivity contribution in [2.75, 3.05) is 6.54 Å². The Morgan fingerprint density at radius 1 is 1.00 bits per heavy atom. The van der Waals surface area contributed by atoms with E-state index in [4.69, 9.17) is 4.98 Å². The topological polar surface area (TPSA) is 24.9 Å². The third-order valence-corrected chi connectivity index (χ3v) is 6.60. The van der Waals surface area contributed by atoms with Gasteiger partial charge in [0.05, 0.1) is 0 Å². The minimum absolute atomic E-state index is 0.178. The van der Waals surface area contributed by atoms with E-state index in [9.17, 15) is 0 Å². The molecule has 1 N–H and O–H groups in total. The van der Waals surface area contributed by atoms with E-state index < -0.39 is 0 Å². The van der Waals surface area contributed by atoms with E-state index in [0.717, 1.165) is 57.2 Å². The van der Waals surface area contributed by atoms with Gasteiger partial charge < -0.3 is 5.32 Å². The summed E-state index contributed by atoms with van der Waals surface area (Å²) in [6.07, 6.45) is 9.15. The molecule has 2 rings (SSSR count). The molecule has 0 aliphatic heterocycles. The van der Waals surface area contributed by atoms with Gasteiger partial charge in [-0.05, 0) is 91.8 Å². The number of rotatable bonds is 13. The minimum atomic E-state index is 0.178. The van der Waals surface area contributed by atoms with Gasteiger partial charge in [0, 0.05) is 17.9 Å². The highest BCUT2D eigenvalue weighted by Gasteiger charge is 2.20. The van der Waals surface area contributed by atoms with Crippen molar-refractivity contribution in [3.8, 4) is 0 Å². The second kappa shape index (κ2) is 11.9. The summed E-state index contributed by atoms with van der Waals surface area (Å²) in [6.45, 7) is 20.2. The van der Waals surface area contributed by atoms with Crippen LogP contribution in [0.15, 0.2) is 55.3 Å². The Kier molecular flexibility index (Phi) is 9.55. The summed E-state index contributed by atoms with van der Waals surface area (Å²) >= 11 is 0. The Bertz CT molecular complexity index is 876. The smallest absolute Gasteiger partial charge is 0.0441 e. The predicted molar refractivity (Wildman–Crippen MR) is 136 cm³/mol. The average molecular weight is 419 g/mol. The monoisotopic (exact) mass is 418 g/mol. The zero-order valence-electron chi connectivity index (χ0n) is 20.5. The molecule has 1 heterocycles. The fraction of sp³-hybridized carbons (Fsp3) is 0.483. The van der Waals surface area contributed by atoms with Crippen LogP contribution in [-0.2, 0) is 32.1 Å². The quantitative estimate of drug-likeness (QED) is 0.281. The molecule has 2 nitrogen and oxygen atoms in total. The van der Waals surface area contributed by atoms with Crippen molar-refractivity contribution in [2.45, 2.75) is 79.6 Å². The van der Waals surface area contributed by atoms with Crippen LogP contribution in [0.4, 0.5) is 0 Å². The highest BCUT2D eigenvalue weighted by molar-refractivity contribution is 5.34. The molecule has 0 aliphatic carbocycles. The fourth-order valence-corrected chi connectivity index (χ4v) is 4.16. The first kappa shape index (κ1) is 24.9. The standard InChI is InChI=1S/C29H42N2/c1-8-22(4)29(6,7)19-17-26-15-12-24(21-27(26)18-20-30-10-3)13-16-28-25(9-2)14-11-23(5)31-28/h10-12,14-15,21,30H,3-4,8-9,13,16-20H2,1-2,5-7H3. The largest absolute Gasteiger partial charge is 0.391 e. The van der Waals surface area contributed by atoms with Crippen LogP contribution < -0.4 is 5.32 Å². The van der Waals surface area contributed by atoms with Crippen molar-refractivity contribution >= 4 is 0 Å². The zero-order chi connectivity index (χ0) is 22.9. The lowest BCUT2D eigenvalue weighted by Gasteiger charge is -2.27. The van der Waals surface area contributed by atoms with Gasteiger partial charge in [-0.15, -0.1) is 0 Å². The van der Waals surface area contributed by atoms with Crippen molar-refractivity contribution in [3.05, 3.63) is 88.9 Å². The molecule has 1 aromatic heterocycles. The normalized spacial score (nSPS) is 11.4. The maximum atomic E-state index is 4.81. The number of aromatic nitrogens is 1. The summed E-state index contributed by atoms with van der Waals surface area (Å²) in [5.74, 6) is 0. The Hall–Kier alpha value is -2.35. The summed E-state index contributed by atoms with van der Waals surface area (Å²) in [6, 6.07) is 11.5. The summed E-state index contributed by atoms with van der Waals surface area (Å²) in [7, 11) is 0. The van der Waals surface area contributed by atoms with Crippen molar-refractivity contribution in [2.24, 2.45) is 5.41 Å². The van der Waals surface area contributed by atoms with Crippen LogP contribution in [-0.4, -0.2) is 11.5 Å². The number of benzene rings is 1. The molecule has 0 bridgehead atoms. The summed E-state index contributed by atoms with van der Waals surface area (Å²) in [4.78, 5) is 4.81. The molecule has 0 amide bonds. The van der Waals surface area contributed by atoms with Crippen LogP contribution >= 0.6 is 0 Å². The number of nitrogens with one attached hydrogen (secondary N) is 1. The summed E-state index contributed by atoms with van der Waals surface area (Å²) in [5, 5.41) is 3.26. The second-order valence-corrected chi connectivity index (χ2v) is 9.26. The van der Waals surface area contributed by atoms with Crippen molar-refractivity contribution in [3.63, 3.8) is 0 Å². The number of hydrogen-bond acceptors (Lipinski definition) is 2. The van der Waals surface area contributed by atoms with Crippen LogP contribution in [0.25, 0.3) is 0 Å². The second-order valence-electron chi connectivity index (χ2n) is 9.26. The Morgan fingerprint density at radius 3 is 2.42 bits per heavy atom. The third-order valence-electron chi connectivity index (χ3n) is 6.60. The van der Waals surface area contributed by atoms with Gasteiger partial charge in [0.2, 0.25) is 0 Å². The highest BCUT2D eigenvalue weighted by atomic mass is 14.8. The van der Waals surface area contributed by atoms with Gasteiger partial charge >= 0.3 is 0 Å².